The predicted octanol–water partition coefficient (Wildman–Crippen LogP) is 1.18. The van der Waals surface area contributed by atoms with E-state index in [0.29, 0.717) is 0 Å². The van der Waals surface area contributed by atoms with Gasteiger partial charge in [0.25, 0.3) is 0 Å². The van der Waals surface area contributed by atoms with Crippen molar-refractivity contribution in [2.45, 2.75) is 0 Å². The van der Waals surface area contributed by atoms with Crippen molar-refractivity contribution >= 4 is 30.9 Å². The highest BCUT2D eigenvalue weighted by molar-refractivity contribution is 7.80. The van der Waals surface area contributed by atoms with Gasteiger partial charge in [-0.1, -0.05) is 0 Å². The number of aryl methyl sites for hydroxylation is 1. The van der Waals surface area contributed by atoms with Gasteiger partial charge in [-0.15, -0.1) is 0 Å². The second-order valence-corrected chi connectivity index (χ2v) is 4.06. The molecular weight excluding hydrogens is 212 g/mol. The molecule has 0 aromatic carbocycles. The van der Waals surface area contributed by atoms with Gasteiger partial charge in [-0.3, -0.25) is 0 Å². The van der Waals surface area contributed by atoms with Crippen molar-refractivity contribution in [1.82, 2.24) is 0 Å². The normalized spacial score (nSPS) is 10.2. The lowest BCUT2D eigenvalue weighted by Gasteiger charge is -2.21. The van der Waals surface area contributed by atoms with E-state index in [9.17, 15) is 0 Å². The van der Waals surface area contributed by atoms with Gasteiger partial charge in [-0.2, -0.15) is 25.3 Å². The van der Waals surface area contributed by atoms with E-state index < -0.39 is 0 Å². The summed E-state index contributed by atoms with van der Waals surface area (Å²) in [7, 11) is 2.03. The monoisotopic (exact) mass is 229 g/mol. The minimum absolute atomic E-state index is 0.867. The lowest BCUT2D eigenvalue weighted by molar-refractivity contribution is -0.670. The maximum Gasteiger partial charge on any atom is 0.192 e. The van der Waals surface area contributed by atoms with Crippen LogP contribution in [-0.4, -0.2) is 24.6 Å². The molecule has 0 N–H and O–H groups in total. The van der Waals surface area contributed by atoms with Gasteiger partial charge in [0.1, 0.15) is 12.7 Å². The van der Waals surface area contributed by atoms with Gasteiger partial charge in [-0.25, -0.2) is 4.57 Å². The zero-order chi connectivity index (χ0) is 10.4. The van der Waals surface area contributed by atoms with E-state index in [2.05, 4.69) is 53.1 Å². The van der Waals surface area contributed by atoms with Crippen LogP contribution < -0.4 is 9.47 Å². The van der Waals surface area contributed by atoms with Crippen LogP contribution >= 0.6 is 25.3 Å². The summed E-state index contributed by atoms with van der Waals surface area (Å²) in [6, 6.07) is 4.17. The molecule has 0 aliphatic carbocycles. The standard InChI is InChI=1S/C10H16N2S2/c1-11-4-2-3-10(9-11)12(5-7-13)6-8-14/h2-4,9H,5-8H2,1H3,(H-,13,14)/p+1. The number of anilines is 1. The first kappa shape index (κ1) is 11.7. The Labute approximate surface area is 96.8 Å². The Bertz CT molecular complexity index is 273. The van der Waals surface area contributed by atoms with Crippen LogP contribution in [-0.2, 0) is 7.05 Å². The number of nitrogens with zero attached hydrogens (tertiary/aromatic N) is 2. The maximum atomic E-state index is 4.26. The van der Waals surface area contributed by atoms with Crippen molar-refractivity contribution in [2.24, 2.45) is 7.05 Å². The molecular formula is C10H17N2S2+. The molecule has 0 spiro atoms. The third-order valence-electron chi connectivity index (χ3n) is 2.03. The summed E-state index contributed by atoms with van der Waals surface area (Å²) in [5.74, 6) is 1.73. The fourth-order valence-electron chi connectivity index (χ4n) is 1.37. The SMILES string of the molecule is C[n+]1cccc(N(CCS)CCS)c1. The van der Waals surface area contributed by atoms with E-state index in [-0.39, 0.29) is 0 Å². The highest BCUT2D eigenvalue weighted by Gasteiger charge is 2.07. The van der Waals surface area contributed by atoms with Gasteiger partial charge in [-0.05, 0) is 6.07 Å². The van der Waals surface area contributed by atoms with E-state index in [1.165, 1.54) is 5.69 Å². The lowest BCUT2D eigenvalue weighted by atomic mass is 10.3. The molecule has 0 atom stereocenters. The van der Waals surface area contributed by atoms with E-state index in [4.69, 9.17) is 0 Å². The van der Waals surface area contributed by atoms with Crippen molar-refractivity contribution in [1.29, 1.82) is 0 Å². The van der Waals surface area contributed by atoms with Crippen molar-refractivity contribution in [3.05, 3.63) is 24.5 Å². The Hall–Kier alpha value is -0.350. The smallest absolute Gasteiger partial charge is 0.192 e. The molecule has 78 valence electrons. The second kappa shape index (κ2) is 6.19. The van der Waals surface area contributed by atoms with Crippen LogP contribution in [0.25, 0.3) is 0 Å². The fraction of sp³-hybridized carbons (Fsp3) is 0.500. The molecule has 0 unspecified atom stereocenters. The quantitative estimate of drug-likeness (QED) is 0.568. The number of aromatic nitrogens is 1. The molecule has 0 aliphatic rings. The lowest BCUT2D eigenvalue weighted by Crippen LogP contribution is -2.32. The molecule has 0 aliphatic heterocycles. The number of thiol groups is 2. The molecule has 0 fully saturated rings. The van der Waals surface area contributed by atoms with Gasteiger partial charge < -0.3 is 4.90 Å². The Kier molecular flexibility index (Phi) is 5.19. The zero-order valence-electron chi connectivity index (χ0n) is 8.43. The molecule has 1 rings (SSSR count). The van der Waals surface area contributed by atoms with E-state index in [1.54, 1.807) is 0 Å². The molecule has 1 aromatic heterocycles. The third kappa shape index (κ3) is 3.42. The summed E-state index contributed by atoms with van der Waals surface area (Å²) in [5, 5.41) is 0. The summed E-state index contributed by atoms with van der Waals surface area (Å²) in [6.45, 7) is 1.93. The molecule has 1 heterocycles. The molecule has 4 heteroatoms. The largest absolute Gasteiger partial charge is 0.365 e. The minimum Gasteiger partial charge on any atom is -0.365 e. The predicted molar refractivity (Wildman–Crippen MR) is 67.5 cm³/mol. The summed E-state index contributed by atoms with van der Waals surface area (Å²) < 4.78 is 2.05. The third-order valence-corrected chi connectivity index (χ3v) is 2.43. The van der Waals surface area contributed by atoms with Crippen LogP contribution in [0.3, 0.4) is 0 Å². The number of pyridine rings is 1. The van der Waals surface area contributed by atoms with Crippen LogP contribution in [0.1, 0.15) is 0 Å². The van der Waals surface area contributed by atoms with Crippen LogP contribution in [0, 0.1) is 0 Å². The molecule has 0 radical (unpaired) electrons. The Morgan fingerprint density at radius 2 is 1.93 bits per heavy atom. The topological polar surface area (TPSA) is 7.12 Å². The van der Waals surface area contributed by atoms with Crippen LogP contribution in [0.4, 0.5) is 5.69 Å². The molecule has 0 amide bonds. The van der Waals surface area contributed by atoms with Gasteiger partial charge in [0.15, 0.2) is 12.4 Å². The van der Waals surface area contributed by atoms with Crippen molar-refractivity contribution in [3.63, 3.8) is 0 Å². The molecule has 0 bridgehead atoms. The van der Waals surface area contributed by atoms with Crippen LogP contribution in [0.2, 0.25) is 0 Å². The highest BCUT2D eigenvalue weighted by Crippen LogP contribution is 2.10. The molecule has 1 aromatic rings. The van der Waals surface area contributed by atoms with E-state index in [1.807, 2.05) is 13.2 Å². The first-order valence-corrected chi connectivity index (χ1v) is 5.96. The second-order valence-electron chi connectivity index (χ2n) is 3.16. The van der Waals surface area contributed by atoms with Gasteiger partial charge in [0.05, 0.1) is 0 Å². The Morgan fingerprint density at radius 3 is 2.43 bits per heavy atom. The first-order valence-electron chi connectivity index (χ1n) is 4.70. The van der Waals surface area contributed by atoms with Crippen molar-refractivity contribution in [3.8, 4) is 0 Å². The number of hydrogen-bond donors (Lipinski definition) is 2. The highest BCUT2D eigenvalue weighted by atomic mass is 32.1. The molecule has 2 nitrogen and oxygen atoms in total. The number of hydrogen-bond acceptors (Lipinski definition) is 3. The average molecular weight is 229 g/mol. The maximum absolute atomic E-state index is 4.26. The van der Waals surface area contributed by atoms with Gasteiger partial charge >= 0.3 is 0 Å². The van der Waals surface area contributed by atoms with E-state index in [0.717, 1.165) is 24.6 Å². The zero-order valence-corrected chi connectivity index (χ0v) is 10.2. The Balaban J connectivity index is 2.75. The molecule has 0 saturated carbocycles. The van der Waals surface area contributed by atoms with Crippen molar-refractivity contribution in [2.75, 3.05) is 29.5 Å². The van der Waals surface area contributed by atoms with E-state index >= 15 is 0 Å². The van der Waals surface area contributed by atoms with Crippen molar-refractivity contribution < 1.29 is 4.57 Å². The summed E-state index contributed by atoms with van der Waals surface area (Å²) in [6.07, 6.45) is 4.15. The van der Waals surface area contributed by atoms with Crippen LogP contribution in [0.15, 0.2) is 24.5 Å². The summed E-state index contributed by atoms with van der Waals surface area (Å²) >= 11 is 8.51. The first-order chi connectivity index (χ1) is 6.77. The van der Waals surface area contributed by atoms with Crippen LogP contribution in [0.5, 0.6) is 0 Å². The number of rotatable bonds is 5. The molecule has 14 heavy (non-hydrogen) atoms. The van der Waals surface area contributed by atoms with Gasteiger partial charge in [0.2, 0.25) is 0 Å². The summed E-state index contributed by atoms with van der Waals surface area (Å²) in [5.41, 5.74) is 1.23. The average Bonchev–Trinajstić information content (AvgIpc) is 2.17. The van der Waals surface area contributed by atoms with Gasteiger partial charge in [0, 0.05) is 30.7 Å². The minimum atomic E-state index is 0.867. The fourth-order valence-corrected chi connectivity index (χ4v) is 1.85. The summed E-state index contributed by atoms with van der Waals surface area (Å²) in [4.78, 5) is 2.29. The Morgan fingerprint density at radius 1 is 1.29 bits per heavy atom. The molecule has 0 saturated heterocycles.